The number of rotatable bonds is 7. The molecule has 1 aliphatic heterocycles. The van der Waals surface area contributed by atoms with Gasteiger partial charge in [0.15, 0.2) is 17.3 Å². The summed E-state index contributed by atoms with van der Waals surface area (Å²) in [5.41, 5.74) is 0.417. The predicted molar refractivity (Wildman–Crippen MR) is 106 cm³/mol. The minimum absolute atomic E-state index is 0.0124. The molecule has 8 nitrogen and oxygen atoms in total. The zero-order chi connectivity index (χ0) is 21.0. The molecule has 9 heteroatoms. The van der Waals surface area contributed by atoms with Gasteiger partial charge in [0.1, 0.15) is 12.7 Å². The quantitative estimate of drug-likeness (QED) is 0.683. The SMILES string of the molecule is CC(=O)c1ccc(S(=O)(=O)N(C)CC(=O)NC[C@H]2COc3ccccc3O2)cc1. The van der Waals surface area contributed by atoms with Crippen molar-refractivity contribution in [3.05, 3.63) is 54.1 Å². The Morgan fingerprint density at radius 2 is 1.76 bits per heavy atom. The van der Waals surface area contributed by atoms with Crippen molar-refractivity contribution in [2.45, 2.75) is 17.9 Å². The van der Waals surface area contributed by atoms with E-state index in [2.05, 4.69) is 5.32 Å². The van der Waals surface area contributed by atoms with E-state index in [9.17, 15) is 18.0 Å². The summed E-state index contributed by atoms with van der Waals surface area (Å²) in [6.45, 7) is 1.53. The second kappa shape index (κ2) is 8.62. The number of para-hydroxylation sites is 2. The Bertz CT molecular complexity index is 1000. The Kier molecular flexibility index (Phi) is 6.19. The van der Waals surface area contributed by atoms with Gasteiger partial charge < -0.3 is 14.8 Å². The number of Topliss-reactive ketones (excluding diaryl/α,β-unsaturated/α-hetero) is 1. The molecule has 0 radical (unpaired) electrons. The number of nitrogens with zero attached hydrogens (tertiary/aromatic N) is 1. The Hall–Kier alpha value is -2.91. The fraction of sp³-hybridized carbons (Fsp3) is 0.300. The maximum atomic E-state index is 12.6. The van der Waals surface area contributed by atoms with Crippen molar-refractivity contribution in [3.8, 4) is 11.5 Å². The molecule has 1 atom stereocenters. The molecule has 29 heavy (non-hydrogen) atoms. The molecular formula is C20H22N2O6S. The molecule has 1 N–H and O–H groups in total. The normalized spacial score (nSPS) is 15.8. The number of benzene rings is 2. The minimum Gasteiger partial charge on any atom is -0.486 e. The molecule has 1 aliphatic rings. The van der Waals surface area contributed by atoms with Crippen LogP contribution in [0.1, 0.15) is 17.3 Å². The van der Waals surface area contributed by atoms with Crippen LogP contribution in [0.15, 0.2) is 53.4 Å². The second-order valence-corrected chi connectivity index (χ2v) is 8.69. The summed E-state index contributed by atoms with van der Waals surface area (Å²) in [5, 5.41) is 2.67. The van der Waals surface area contributed by atoms with Crippen LogP contribution >= 0.6 is 0 Å². The molecule has 1 amide bonds. The lowest BCUT2D eigenvalue weighted by Crippen LogP contribution is -2.44. The van der Waals surface area contributed by atoms with Crippen molar-refractivity contribution >= 4 is 21.7 Å². The highest BCUT2D eigenvalue weighted by atomic mass is 32.2. The standard InChI is InChI=1S/C20H22N2O6S/c1-14(23)15-7-9-17(10-8-15)29(25,26)22(2)12-20(24)21-11-16-13-27-18-5-3-4-6-19(18)28-16/h3-10,16H,11-13H2,1-2H3,(H,21,24)/t16-/m0/s1. The Morgan fingerprint density at radius 1 is 1.10 bits per heavy atom. The topological polar surface area (TPSA) is 102 Å². The molecule has 0 saturated carbocycles. The maximum absolute atomic E-state index is 12.6. The number of ether oxygens (including phenoxy) is 2. The van der Waals surface area contributed by atoms with Crippen molar-refractivity contribution in [2.75, 3.05) is 26.7 Å². The van der Waals surface area contributed by atoms with Crippen LogP contribution in [0.3, 0.4) is 0 Å². The number of carbonyl (C=O) groups is 2. The van der Waals surface area contributed by atoms with E-state index in [0.29, 0.717) is 17.1 Å². The van der Waals surface area contributed by atoms with E-state index in [4.69, 9.17) is 9.47 Å². The first-order chi connectivity index (χ1) is 13.8. The lowest BCUT2D eigenvalue weighted by molar-refractivity contribution is -0.121. The van der Waals surface area contributed by atoms with Crippen molar-refractivity contribution < 1.29 is 27.5 Å². The minimum atomic E-state index is -3.85. The van der Waals surface area contributed by atoms with Gasteiger partial charge in [0.25, 0.3) is 0 Å². The number of carbonyl (C=O) groups excluding carboxylic acids is 2. The zero-order valence-electron chi connectivity index (χ0n) is 16.1. The Morgan fingerprint density at radius 3 is 2.41 bits per heavy atom. The van der Waals surface area contributed by atoms with Gasteiger partial charge in [-0.2, -0.15) is 4.31 Å². The monoisotopic (exact) mass is 418 g/mol. The number of hydrogen-bond donors (Lipinski definition) is 1. The van der Waals surface area contributed by atoms with Crippen LogP contribution in [-0.2, 0) is 14.8 Å². The van der Waals surface area contributed by atoms with Crippen LogP contribution in [-0.4, -0.2) is 57.3 Å². The largest absolute Gasteiger partial charge is 0.486 e. The van der Waals surface area contributed by atoms with Crippen LogP contribution in [0.4, 0.5) is 0 Å². The number of sulfonamides is 1. The van der Waals surface area contributed by atoms with Crippen LogP contribution in [0.2, 0.25) is 0 Å². The molecule has 0 bridgehead atoms. The highest BCUT2D eigenvalue weighted by Crippen LogP contribution is 2.30. The van der Waals surface area contributed by atoms with Crippen LogP contribution in [0.25, 0.3) is 0 Å². The molecular weight excluding hydrogens is 396 g/mol. The number of fused-ring (bicyclic) bond motifs is 1. The van der Waals surface area contributed by atoms with Crippen LogP contribution in [0, 0.1) is 0 Å². The van der Waals surface area contributed by atoms with E-state index in [0.717, 1.165) is 4.31 Å². The van der Waals surface area contributed by atoms with Crippen LogP contribution < -0.4 is 14.8 Å². The molecule has 0 aliphatic carbocycles. The van der Waals surface area contributed by atoms with E-state index < -0.39 is 15.9 Å². The zero-order valence-corrected chi connectivity index (χ0v) is 16.9. The first kappa shape index (κ1) is 20.8. The van der Waals surface area contributed by atoms with E-state index in [1.54, 1.807) is 12.1 Å². The van der Waals surface area contributed by atoms with Gasteiger partial charge in [-0.1, -0.05) is 24.3 Å². The average molecular weight is 418 g/mol. The summed E-state index contributed by atoms with van der Waals surface area (Å²) in [6.07, 6.45) is -0.366. The van der Waals surface area contributed by atoms with Crippen LogP contribution in [0.5, 0.6) is 11.5 Å². The Balaban J connectivity index is 1.54. The first-order valence-electron chi connectivity index (χ1n) is 9.00. The summed E-state index contributed by atoms with van der Waals surface area (Å²) < 4.78 is 37.5. The molecule has 1 heterocycles. The molecule has 3 rings (SSSR count). The molecule has 0 fully saturated rings. The number of ketones is 1. The fourth-order valence-corrected chi connectivity index (χ4v) is 3.90. The second-order valence-electron chi connectivity index (χ2n) is 6.64. The number of hydrogen-bond acceptors (Lipinski definition) is 6. The maximum Gasteiger partial charge on any atom is 0.243 e. The number of amides is 1. The molecule has 2 aromatic rings. The smallest absolute Gasteiger partial charge is 0.243 e. The van der Waals surface area contributed by atoms with Crippen molar-refractivity contribution in [1.82, 2.24) is 9.62 Å². The van der Waals surface area contributed by atoms with Gasteiger partial charge in [-0.3, -0.25) is 9.59 Å². The fourth-order valence-electron chi connectivity index (χ4n) is 2.78. The lowest BCUT2D eigenvalue weighted by atomic mass is 10.2. The molecule has 0 unspecified atom stereocenters. The highest BCUT2D eigenvalue weighted by Gasteiger charge is 2.25. The van der Waals surface area contributed by atoms with Crippen molar-refractivity contribution in [2.24, 2.45) is 0 Å². The van der Waals surface area contributed by atoms with Crippen molar-refractivity contribution in [1.29, 1.82) is 0 Å². The van der Waals surface area contributed by atoms with Crippen molar-refractivity contribution in [3.63, 3.8) is 0 Å². The summed E-state index contributed by atoms with van der Waals surface area (Å²) >= 11 is 0. The van der Waals surface area contributed by atoms with Gasteiger partial charge in [0.2, 0.25) is 15.9 Å². The lowest BCUT2D eigenvalue weighted by Gasteiger charge is -2.26. The Labute approximate surface area is 169 Å². The molecule has 0 aromatic heterocycles. The summed E-state index contributed by atoms with van der Waals surface area (Å²) in [6, 6.07) is 12.8. The van der Waals surface area contributed by atoms with E-state index in [1.807, 2.05) is 12.1 Å². The summed E-state index contributed by atoms with van der Waals surface area (Å²) in [4.78, 5) is 23.5. The summed E-state index contributed by atoms with van der Waals surface area (Å²) in [5.74, 6) is 0.639. The van der Waals surface area contributed by atoms with Gasteiger partial charge in [-0.25, -0.2) is 8.42 Å². The third-order valence-corrected chi connectivity index (χ3v) is 6.25. The third-order valence-electron chi connectivity index (χ3n) is 4.43. The molecule has 0 spiro atoms. The highest BCUT2D eigenvalue weighted by molar-refractivity contribution is 7.89. The van der Waals surface area contributed by atoms with Gasteiger partial charge >= 0.3 is 0 Å². The first-order valence-corrected chi connectivity index (χ1v) is 10.4. The predicted octanol–water partition coefficient (Wildman–Crippen LogP) is 1.47. The third kappa shape index (κ3) is 4.93. The van der Waals surface area contributed by atoms with Gasteiger partial charge in [-0.15, -0.1) is 0 Å². The number of nitrogens with one attached hydrogen (secondary N) is 1. The molecule has 154 valence electrons. The van der Waals surface area contributed by atoms with Gasteiger partial charge in [0, 0.05) is 12.6 Å². The van der Waals surface area contributed by atoms with E-state index >= 15 is 0 Å². The number of likely N-dealkylation sites (N-methyl/N-ethyl adjacent to an activating group) is 1. The average Bonchev–Trinajstić information content (AvgIpc) is 2.72. The van der Waals surface area contributed by atoms with E-state index in [1.165, 1.54) is 38.2 Å². The van der Waals surface area contributed by atoms with Gasteiger partial charge in [0.05, 0.1) is 18.0 Å². The molecule has 2 aromatic carbocycles. The van der Waals surface area contributed by atoms with E-state index in [-0.39, 0.29) is 36.5 Å². The summed E-state index contributed by atoms with van der Waals surface area (Å²) in [7, 11) is -2.53. The van der Waals surface area contributed by atoms with Gasteiger partial charge in [-0.05, 0) is 31.2 Å². The molecule has 0 saturated heterocycles.